The fourth-order valence-electron chi connectivity index (χ4n) is 2.97. The van der Waals surface area contributed by atoms with Crippen molar-refractivity contribution in [3.8, 4) is 11.5 Å². The number of anilines is 2. The first kappa shape index (κ1) is 26.8. The van der Waals surface area contributed by atoms with Gasteiger partial charge in [-0.1, -0.05) is 54.6 Å². The molecule has 2 aromatic carbocycles. The Bertz CT molecular complexity index is 1260. The van der Waals surface area contributed by atoms with Crippen molar-refractivity contribution in [3.63, 3.8) is 0 Å². The van der Waals surface area contributed by atoms with Crippen molar-refractivity contribution in [1.82, 2.24) is 10.2 Å². The van der Waals surface area contributed by atoms with Crippen molar-refractivity contribution in [2.75, 3.05) is 36.1 Å². The molecule has 0 fully saturated rings. The number of hydrogen-bond donors (Lipinski definition) is 1. The van der Waals surface area contributed by atoms with Crippen LogP contribution in [-0.4, -0.2) is 51.0 Å². The quantitative estimate of drug-likeness (QED) is 0.283. The molecule has 0 aliphatic rings. The number of aryl methyl sites for hydroxylation is 1. The zero-order valence-electron chi connectivity index (χ0n) is 20.1. The molecule has 1 heterocycles. The molecule has 0 spiro atoms. The molecule has 3 rings (SSSR count). The summed E-state index contributed by atoms with van der Waals surface area (Å²) < 4.78 is 39.8. The third-order valence-corrected chi connectivity index (χ3v) is 8.92. The molecular formula is C23H28N4O5S3. The molecule has 0 unspecified atom stereocenters. The predicted octanol–water partition coefficient (Wildman–Crippen LogP) is 4.45. The lowest BCUT2D eigenvalue weighted by Gasteiger charge is -2.26. The molecule has 12 heteroatoms. The van der Waals surface area contributed by atoms with Gasteiger partial charge < -0.3 is 9.47 Å². The minimum Gasteiger partial charge on any atom is -0.497 e. The van der Waals surface area contributed by atoms with Gasteiger partial charge in [0.2, 0.25) is 11.0 Å². The van der Waals surface area contributed by atoms with Gasteiger partial charge in [-0.05, 0) is 37.1 Å². The van der Waals surface area contributed by atoms with Crippen molar-refractivity contribution in [1.29, 1.82) is 0 Å². The highest BCUT2D eigenvalue weighted by atomic mass is 32.2. The number of amides is 1. The van der Waals surface area contributed by atoms with Crippen molar-refractivity contribution in [2.45, 2.75) is 30.0 Å². The summed E-state index contributed by atoms with van der Waals surface area (Å²) in [4.78, 5) is 13.0. The number of nitrogens with zero attached hydrogens (tertiary/aromatic N) is 3. The largest absolute Gasteiger partial charge is 0.497 e. The Balaban J connectivity index is 1.93. The first-order valence-corrected chi connectivity index (χ1v) is 14.0. The molecule has 9 nitrogen and oxygen atoms in total. The van der Waals surface area contributed by atoms with Gasteiger partial charge in [0.25, 0.3) is 10.0 Å². The Morgan fingerprint density at radius 3 is 2.46 bits per heavy atom. The van der Waals surface area contributed by atoms with Crippen LogP contribution in [0.25, 0.3) is 0 Å². The molecule has 0 radical (unpaired) electrons. The molecule has 0 aliphatic heterocycles. The Hall–Kier alpha value is -2.83. The highest BCUT2D eigenvalue weighted by molar-refractivity contribution is 8.01. The van der Waals surface area contributed by atoms with E-state index in [-0.39, 0.29) is 16.3 Å². The molecule has 1 N–H and O–H groups in total. The number of thioether (sulfide) groups is 1. The van der Waals surface area contributed by atoms with E-state index in [0.717, 1.165) is 20.0 Å². The third-order valence-electron chi connectivity index (χ3n) is 4.74. The number of carbonyl (C=O) groups is 1. The Labute approximate surface area is 213 Å². The highest BCUT2D eigenvalue weighted by Crippen LogP contribution is 2.36. The Kier molecular flexibility index (Phi) is 8.98. The van der Waals surface area contributed by atoms with Crippen molar-refractivity contribution < 1.29 is 22.7 Å². The van der Waals surface area contributed by atoms with Crippen molar-refractivity contribution >= 4 is 49.8 Å². The van der Waals surface area contributed by atoms with E-state index in [1.807, 2.05) is 6.92 Å². The first-order valence-electron chi connectivity index (χ1n) is 10.7. The van der Waals surface area contributed by atoms with Crippen LogP contribution in [0.4, 0.5) is 10.8 Å². The second-order valence-electron chi connectivity index (χ2n) is 7.99. The summed E-state index contributed by atoms with van der Waals surface area (Å²) in [7, 11) is -1.22. The molecule has 0 aliphatic carbocycles. The maximum absolute atomic E-state index is 13.7. The normalized spacial score (nSPS) is 11.4. The van der Waals surface area contributed by atoms with Crippen molar-refractivity contribution in [3.05, 3.63) is 48.0 Å². The van der Waals surface area contributed by atoms with Gasteiger partial charge in [-0.15, -0.1) is 10.2 Å². The maximum atomic E-state index is 13.7. The number of ether oxygens (including phenoxy) is 2. The number of sulfonamides is 1. The van der Waals surface area contributed by atoms with E-state index in [0.29, 0.717) is 16.8 Å². The summed E-state index contributed by atoms with van der Waals surface area (Å²) in [5, 5.41) is 11.1. The lowest BCUT2D eigenvalue weighted by molar-refractivity contribution is -0.114. The second kappa shape index (κ2) is 11.7. The number of rotatable bonds is 11. The minimum absolute atomic E-state index is 0.0454. The molecule has 0 saturated carbocycles. The lowest BCUT2D eigenvalue weighted by atomic mass is 10.2. The van der Waals surface area contributed by atoms with E-state index < -0.39 is 22.5 Å². The molecule has 188 valence electrons. The van der Waals surface area contributed by atoms with Gasteiger partial charge in [0.05, 0.1) is 24.8 Å². The summed E-state index contributed by atoms with van der Waals surface area (Å²) >= 11 is 2.80. The van der Waals surface area contributed by atoms with E-state index in [9.17, 15) is 13.2 Å². The van der Waals surface area contributed by atoms with Crippen LogP contribution in [0.2, 0.25) is 0 Å². The number of methoxy groups -OCH3 is 2. The predicted molar refractivity (Wildman–Crippen MR) is 139 cm³/mol. The summed E-state index contributed by atoms with van der Waals surface area (Å²) in [6.45, 7) is 5.57. The molecule has 0 bridgehead atoms. The molecule has 0 atom stereocenters. The van der Waals surface area contributed by atoms with Gasteiger partial charge in [0, 0.05) is 11.8 Å². The number of nitrogens with one attached hydrogen (secondary N) is 1. The van der Waals surface area contributed by atoms with E-state index in [2.05, 4.69) is 29.4 Å². The van der Waals surface area contributed by atoms with Gasteiger partial charge in [-0.25, -0.2) is 8.42 Å². The fraction of sp³-hybridized carbons (Fsp3) is 0.348. The number of hydrogen-bond acceptors (Lipinski definition) is 9. The topological polar surface area (TPSA) is 111 Å². The van der Waals surface area contributed by atoms with Crippen molar-refractivity contribution in [2.24, 2.45) is 5.92 Å². The summed E-state index contributed by atoms with van der Waals surface area (Å²) in [5.74, 6) is 1.49. The number of benzene rings is 2. The van der Waals surface area contributed by atoms with Gasteiger partial charge in [0.1, 0.15) is 18.0 Å². The molecule has 1 amide bonds. The lowest BCUT2D eigenvalue weighted by Crippen LogP contribution is -2.38. The van der Waals surface area contributed by atoms with Gasteiger partial charge in [-0.2, -0.15) is 0 Å². The molecule has 0 saturated heterocycles. The zero-order chi connectivity index (χ0) is 25.6. The van der Waals surface area contributed by atoms with E-state index in [1.165, 1.54) is 43.8 Å². The smallest absolute Gasteiger partial charge is 0.264 e. The van der Waals surface area contributed by atoms with E-state index >= 15 is 0 Å². The Morgan fingerprint density at radius 1 is 1.11 bits per heavy atom. The average molecular weight is 537 g/mol. The van der Waals surface area contributed by atoms with Gasteiger partial charge in [0.15, 0.2) is 4.34 Å². The van der Waals surface area contributed by atoms with Gasteiger partial charge in [-0.3, -0.25) is 14.4 Å². The summed E-state index contributed by atoms with van der Waals surface area (Å²) in [6.07, 6.45) is 0. The Morgan fingerprint density at radius 2 is 1.83 bits per heavy atom. The van der Waals surface area contributed by atoms with Crippen LogP contribution >= 0.6 is 23.1 Å². The van der Waals surface area contributed by atoms with Crippen LogP contribution in [0.3, 0.4) is 0 Å². The number of carbonyl (C=O) groups excluding carboxylic acids is 1. The average Bonchev–Trinajstić information content (AvgIpc) is 3.28. The van der Waals surface area contributed by atoms with E-state index in [4.69, 9.17) is 9.47 Å². The highest BCUT2D eigenvalue weighted by Gasteiger charge is 2.30. The van der Waals surface area contributed by atoms with Gasteiger partial charge >= 0.3 is 0 Å². The number of aromatic nitrogens is 2. The standard InChI is InChI=1S/C23H28N4O5S3/c1-15(2)14-33-23-26-25-22(34-23)24-21(28)13-27(19-12-17(31-4)8-11-20(19)32-5)35(29,30)18-9-6-16(3)7-10-18/h6-12,15H,13-14H2,1-5H3,(H,24,25,28). The summed E-state index contributed by atoms with van der Waals surface area (Å²) in [5.41, 5.74) is 1.09. The summed E-state index contributed by atoms with van der Waals surface area (Å²) in [6, 6.07) is 11.2. The first-order chi connectivity index (χ1) is 16.6. The molecular weight excluding hydrogens is 508 g/mol. The third kappa shape index (κ3) is 6.86. The van der Waals surface area contributed by atoms with Crippen LogP contribution in [0.15, 0.2) is 51.7 Å². The van der Waals surface area contributed by atoms with Crippen LogP contribution in [0.1, 0.15) is 19.4 Å². The maximum Gasteiger partial charge on any atom is 0.264 e. The second-order valence-corrected chi connectivity index (χ2v) is 12.1. The van der Waals surface area contributed by atoms with Crippen LogP contribution in [0.5, 0.6) is 11.5 Å². The molecule has 3 aromatic rings. The van der Waals surface area contributed by atoms with Crippen LogP contribution in [0, 0.1) is 12.8 Å². The minimum atomic E-state index is -4.13. The van der Waals surface area contributed by atoms with Crippen LogP contribution < -0.4 is 19.1 Å². The SMILES string of the molecule is COc1ccc(OC)c(N(CC(=O)Nc2nnc(SCC(C)C)s2)S(=O)(=O)c2ccc(C)cc2)c1. The monoisotopic (exact) mass is 536 g/mol. The van der Waals surface area contributed by atoms with Crippen LogP contribution in [-0.2, 0) is 14.8 Å². The van der Waals surface area contributed by atoms with E-state index in [1.54, 1.807) is 36.0 Å². The molecule has 1 aromatic heterocycles. The fourth-order valence-corrected chi connectivity index (χ4v) is 6.14. The zero-order valence-corrected chi connectivity index (χ0v) is 22.6. The molecule has 35 heavy (non-hydrogen) atoms.